The molecule has 1 aromatic rings. The van der Waals surface area contributed by atoms with Crippen LogP contribution in [0.5, 0.6) is 0 Å². The topological polar surface area (TPSA) is 54.5 Å². The average Bonchev–Trinajstić information content (AvgIpc) is 2.63. The second-order valence-corrected chi connectivity index (χ2v) is 6.99. The fraction of sp³-hybridized carbons (Fsp3) is 0.364. The molecular formula is C11H9F3INO3S. The van der Waals surface area contributed by atoms with Gasteiger partial charge in [-0.1, -0.05) is 0 Å². The van der Waals surface area contributed by atoms with E-state index in [0.717, 1.165) is 17.0 Å². The van der Waals surface area contributed by atoms with E-state index in [0.29, 0.717) is 0 Å². The van der Waals surface area contributed by atoms with Crippen molar-refractivity contribution in [2.45, 2.75) is 6.42 Å². The van der Waals surface area contributed by atoms with Gasteiger partial charge in [-0.25, -0.2) is 8.78 Å². The number of carbonyl (C=O) groups is 1. The molecule has 1 atom stereocenters. The van der Waals surface area contributed by atoms with Crippen LogP contribution in [0.15, 0.2) is 12.1 Å². The van der Waals surface area contributed by atoms with Gasteiger partial charge in [-0.3, -0.25) is 4.79 Å². The molecule has 1 aliphatic rings. The number of nitrogens with zero attached hydrogens (tertiary/aromatic N) is 1. The van der Waals surface area contributed by atoms with Gasteiger partial charge in [0.25, 0.3) is 0 Å². The molecule has 1 aliphatic heterocycles. The highest BCUT2D eigenvalue weighted by Gasteiger charge is 2.34. The SMILES string of the molecule is O=C1CC(CS(=O)(=O)F)CN1c1cc(F)c(I)c(F)c1. The second kappa shape index (κ2) is 5.51. The van der Waals surface area contributed by atoms with Crippen LogP contribution >= 0.6 is 22.6 Å². The lowest BCUT2D eigenvalue weighted by molar-refractivity contribution is -0.117. The number of hydrogen-bond donors (Lipinski definition) is 0. The highest BCUT2D eigenvalue weighted by atomic mass is 127. The lowest BCUT2D eigenvalue weighted by Gasteiger charge is -2.17. The summed E-state index contributed by atoms with van der Waals surface area (Å²) in [6, 6.07) is 1.99. The molecule has 1 fully saturated rings. The third-order valence-electron chi connectivity index (χ3n) is 2.92. The third-order valence-corrected chi connectivity index (χ3v) is 4.82. The van der Waals surface area contributed by atoms with E-state index in [4.69, 9.17) is 0 Å². The van der Waals surface area contributed by atoms with E-state index in [9.17, 15) is 25.9 Å². The maximum atomic E-state index is 13.4. The molecule has 1 amide bonds. The van der Waals surface area contributed by atoms with Crippen molar-refractivity contribution < 1.29 is 25.9 Å². The Morgan fingerprint density at radius 3 is 2.35 bits per heavy atom. The van der Waals surface area contributed by atoms with Crippen molar-refractivity contribution in [2.24, 2.45) is 5.92 Å². The fourth-order valence-corrected chi connectivity index (χ4v) is 3.22. The van der Waals surface area contributed by atoms with Gasteiger partial charge in [0, 0.05) is 24.6 Å². The summed E-state index contributed by atoms with van der Waals surface area (Å²) in [6.07, 6.45) is -0.168. The molecule has 1 unspecified atom stereocenters. The molecule has 1 heterocycles. The molecule has 110 valence electrons. The predicted octanol–water partition coefficient (Wildman–Crippen LogP) is 2.22. The summed E-state index contributed by atoms with van der Waals surface area (Å²) in [4.78, 5) is 12.8. The Hall–Kier alpha value is -0.840. The smallest absolute Gasteiger partial charge is 0.302 e. The molecule has 1 aromatic carbocycles. The largest absolute Gasteiger partial charge is 0.312 e. The van der Waals surface area contributed by atoms with Crippen molar-refractivity contribution in [3.8, 4) is 0 Å². The predicted molar refractivity (Wildman–Crippen MR) is 74.4 cm³/mol. The van der Waals surface area contributed by atoms with Crippen LogP contribution in [-0.2, 0) is 15.0 Å². The first-order valence-electron chi connectivity index (χ1n) is 5.54. The minimum atomic E-state index is -4.69. The van der Waals surface area contributed by atoms with Gasteiger partial charge < -0.3 is 4.90 Å². The summed E-state index contributed by atoms with van der Waals surface area (Å²) >= 11 is 1.49. The molecule has 0 saturated carbocycles. The number of halogens is 4. The van der Waals surface area contributed by atoms with E-state index >= 15 is 0 Å². The van der Waals surface area contributed by atoms with Crippen LogP contribution in [0, 0.1) is 21.1 Å². The lowest BCUT2D eigenvalue weighted by atomic mass is 10.1. The zero-order valence-corrected chi connectivity index (χ0v) is 12.9. The molecule has 1 saturated heterocycles. The molecular weight excluding hydrogens is 410 g/mol. The second-order valence-electron chi connectivity index (χ2n) is 4.50. The summed E-state index contributed by atoms with van der Waals surface area (Å²) in [7, 11) is -4.69. The van der Waals surface area contributed by atoms with Crippen LogP contribution in [0.2, 0.25) is 0 Å². The quantitative estimate of drug-likeness (QED) is 0.429. The molecule has 2 rings (SSSR count). The van der Waals surface area contributed by atoms with Crippen molar-refractivity contribution in [1.29, 1.82) is 0 Å². The van der Waals surface area contributed by atoms with Gasteiger partial charge in [-0.2, -0.15) is 8.42 Å². The van der Waals surface area contributed by atoms with E-state index in [1.54, 1.807) is 0 Å². The normalized spacial score (nSPS) is 19.7. The highest BCUT2D eigenvalue weighted by molar-refractivity contribution is 14.1. The Kier molecular flexibility index (Phi) is 4.28. The molecule has 0 N–H and O–H groups in total. The Balaban J connectivity index is 2.24. The van der Waals surface area contributed by atoms with Crippen LogP contribution in [0.25, 0.3) is 0 Å². The summed E-state index contributed by atoms with van der Waals surface area (Å²) in [5.41, 5.74) is 0.00386. The third kappa shape index (κ3) is 3.43. The van der Waals surface area contributed by atoms with Gasteiger partial charge >= 0.3 is 10.2 Å². The summed E-state index contributed by atoms with van der Waals surface area (Å²) in [5.74, 6) is -3.60. The van der Waals surface area contributed by atoms with Crippen molar-refractivity contribution in [3.63, 3.8) is 0 Å². The first kappa shape index (κ1) is 15.5. The van der Waals surface area contributed by atoms with Gasteiger partial charge in [-0.05, 0) is 34.7 Å². The van der Waals surface area contributed by atoms with Gasteiger partial charge in [0.1, 0.15) is 11.6 Å². The molecule has 0 bridgehead atoms. The van der Waals surface area contributed by atoms with Crippen LogP contribution in [-0.4, -0.2) is 26.6 Å². The van der Waals surface area contributed by atoms with E-state index in [-0.39, 0.29) is 22.2 Å². The molecule has 0 aliphatic carbocycles. The van der Waals surface area contributed by atoms with E-state index in [1.165, 1.54) is 22.6 Å². The van der Waals surface area contributed by atoms with Crippen LogP contribution in [0.3, 0.4) is 0 Å². The number of rotatable bonds is 3. The van der Waals surface area contributed by atoms with Crippen molar-refractivity contribution in [2.75, 3.05) is 17.2 Å². The zero-order chi connectivity index (χ0) is 15.1. The van der Waals surface area contributed by atoms with Gasteiger partial charge in [-0.15, -0.1) is 3.89 Å². The first-order valence-corrected chi connectivity index (χ1v) is 8.18. The fourth-order valence-electron chi connectivity index (χ4n) is 2.12. The first-order chi connectivity index (χ1) is 9.17. The number of hydrogen-bond acceptors (Lipinski definition) is 3. The maximum absolute atomic E-state index is 13.4. The molecule has 4 nitrogen and oxygen atoms in total. The number of benzene rings is 1. The van der Waals surface area contributed by atoms with Crippen molar-refractivity contribution in [3.05, 3.63) is 27.3 Å². The van der Waals surface area contributed by atoms with Crippen molar-refractivity contribution in [1.82, 2.24) is 0 Å². The monoisotopic (exact) mass is 419 g/mol. The Bertz CT molecular complexity index is 642. The number of anilines is 1. The number of carbonyl (C=O) groups excluding carboxylic acids is 1. The lowest BCUT2D eigenvalue weighted by Crippen LogP contribution is -2.25. The summed E-state index contributed by atoms with van der Waals surface area (Å²) in [5, 5.41) is 0. The number of amides is 1. The van der Waals surface area contributed by atoms with Crippen LogP contribution < -0.4 is 4.90 Å². The van der Waals surface area contributed by atoms with Gasteiger partial charge in [0.15, 0.2) is 0 Å². The molecule has 20 heavy (non-hydrogen) atoms. The highest BCUT2D eigenvalue weighted by Crippen LogP contribution is 2.29. The van der Waals surface area contributed by atoms with Crippen LogP contribution in [0.1, 0.15) is 6.42 Å². The van der Waals surface area contributed by atoms with Gasteiger partial charge in [0.2, 0.25) is 5.91 Å². The molecule has 0 spiro atoms. The molecule has 0 radical (unpaired) electrons. The molecule has 0 aromatic heterocycles. The maximum Gasteiger partial charge on any atom is 0.302 e. The molecule has 9 heteroatoms. The Morgan fingerprint density at radius 1 is 1.30 bits per heavy atom. The van der Waals surface area contributed by atoms with Crippen LogP contribution in [0.4, 0.5) is 18.4 Å². The van der Waals surface area contributed by atoms with E-state index in [1.807, 2.05) is 0 Å². The Morgan fingerprint density at radius 2 is 1.85 bits per heavy atom. The minimum Gasteiger partial charge on any atom is -0.312 e. The van der Waals surface area contributed by atoms with Gasteiger partial charge in [0.05, 0.1) is 9.32 Å². The zero-order valence-electron chi connectivity index (χ0n) is 9.95. The Labute approximate surface area is 127 Å². The standard InChI is InChI=1S/C11H9F3INO3S/c12-8-2-7(3-9(13)11(8)15)16-4-6(1-10(16)17)5-20(14,18)19/h2-3,6H,1,4-5H2. The van der Waals surface area contributed by atoms with E-state index < -0.39 is 39.4 Å². The summed E-state index contributed by atoms with van der Waals surface area (Å²) < 4.78 is 60.4. The average molecular weight is 419 g/mol. The van der Waals surface area contributed by atoms with Crippen molar-refractivity contribution >= 4 is 44.4 Å². The summed E-state index contributed by atoms with van der Waals surface area (Å²) in [6.45, 7) is -0.0819. The minimum absolute atomic E-state index is 0.00386. The van der Waals surface area contributed by atoms with E-state index in [2.05, 4.69) is 0 Å².